The molecule has 0 saturated carbocycles. The molecule has 0 aliphatic carbocycles. The smallest absolute Gasteiger partial charge is 0.0541 e. The molecule has 2 heterocycles. The number of fused-ring (bicyclic) bond motifs is 7. The summed E-state index contributed by atoms with van der Waals surface area (Å²) in [5.41, 5.74) is 9.73. The van der Waals surface area contributed by atoms with Gasteiger partial charge in [-0.05, 0) is 71.1 Å². The van der Waals surface area contributed by atoms with Gasteiger partial charge in [-0.25, -0.2) is 0 Å². The maximum atomic E-state index is 2.42. The number of rotatable bonds is 3. The molecule has 0 fully saturated rings. The molecule has 0 atom stereocenters. The lowest BCUT2D eigenvalue weighted by Crippen LogP contribution is -1.95. The van der Waals surface area contributed by atoms with Gasteiger partial charge in [0.15, 0.2) is 0 Å². The fourth-order valence-electron chi connectivity index (χ4n) is 6.82. The molecule has 196 valence electrons. The first-order chi connectivity index (χ1) is 20.8. The van der Waals surface area contributed by atoms with E-state index >= 15 is 0 Å². The van der Waals surface area contributed by atoms with Crippen LogP contribution in [0.3, 0.4) is 0 Å². The van der Waals surface area contributed by atoms with Gasteiger partial charge in [0, 0.05) is 32.6 Å². The van der Waals surface area contributed by atoms with Crippen molar-refractivity contribution in [2.24, 2.45) is 0 Å². The second-order valence-corrected chi connectivity index (χ2v) is 11.0. The molecule has 9 aromatic rings. The van der Waals surface area contributed by atoms with E-state index in [1.165, 1.54) is 76.9 Å². The molecule has 2 aromatic heterocycles. The van der Waals surface area contributed by atoms with Crippen molar-refractivity contribution in [1.82, 2.24) is 9.13 Å². The van der Waals surface area contributed by atoms with Gasteiger partial charge in [0.25, 0.3) is 0 Å². The van der Waals surface area contributed by atoms with E-state index in [-0.39, 0.29) is 0 Å². The van der Waals surface area contributed by atoms with Gasteiger partial charge in [0.1, 0.15) is 0 Å². The summed E-state index contributed by atoms with van der Waals surface area (Å²) in [6, 6.07) is 57.2. The molecular formula is C40H26N2. The average molecular weight is 535 g/mol. The van der Waals surface area contributed by atoms with E-state index in [0.29, 0.717) is 0 Å². The van der Waals surface area contributed by atoms with Crippen molar-refractivity contribution < 1.29 is 0 Å². The Morgan fingerprint density at radius 3 is 1.50 bits per heavy atom. The standard InChI is InChI=1S/C40H26N2/c1-2-13-30(14-3-1)41-37-18-8-6-16-32(37)34-25-28(21-23-39(34)41)29-22-24-40-35(26-29)33-17-7-9-19-38(33)42(40)36-20-10-12-27-11-4-5-15-31(27)36/h1-26H. The average Bonchev–Trinajstić information content (AvgIpc) is 3.57. The largest absolute Gasteiger partial charge is 0.309 e. The van der Waals surface area contributed by atoms with Gasteiger partial charge in [-0.2, -0.15) is 0 Å². The van der Waals surface area contributed by atoms with Gasteiger partial charge in [-0.3, -0.25) is 0 Å². The fourth-order valence-corrected chi connectivity index (χ4v) is 6.82. The van der Waals surface area contributed by atoms with Gasteiger partial charge in [-0.1, -0.05) is 103 Å². The molecule has 0 unspecified atom stereocenters. The van der Waals surface area contributed by atoms with Crippen LogP contribution in [0.1, 0.15) is 0 Å². The second-order valence-electron chi connectivity index (χ2n) is 11.0. The summed E-state index contributed by atoms with van der Waals surface area (Å²) in [7, 11) is 0. The maximum absolute atomic E-state index is 2.42. The van der Waals surface area contributed by atoms with E-state index < -0.39 is 0 Å². The normalized spacial score (nSPS) is 11.8. The van der Waals surface area contributed by atoms with E-state index in [0.717, 1.165) is 0 Å². The van der Waals surface area contributed by atoms with E-state index in [1.807, 2.05) is 0 Å². The van der Waals surface area contributed by atoms with Crippen LogP contribution in [0.25, 0.3) is 76.9 Å². The molecule has 9 rings (SSSR count). The van der Waals surface area contributed by atoms with Crippen LogP contribution in [0.4, 0.5) is 0 Å². The highest BCUT2D eigenvalue weighted by Gasteiger charge is 2.16. The van der Waals surface area contributed by atoms with Crippen LogP contribution in [0.5, 0.6) is 0 Å². The maximum Gasteiger partial charge on any atom is 0.0541 e. The molecule has 2 heteroatoms. The molecule has 0 amide bonds. The van der Waals surface area contributed by atoms with E-state index in [2.05, 4.69) is 167 Å². The van der Waals surface area contributed by atoms with Crippen molar-refractivity contribution >= 4 is 54.4 Å². The predicted octanol–water partition coefficient (Wildman–Crippen LogP) is 10.7. The number of hydrogen-bond acceptors (Lipinski definition) is 0. The van der Waals surface area contributed by atoms with Crippen LogP contribution < -0.4 is 0 Å². The van der Waals surface area contributed by atoms with Crippen LogP contribution in [0.15, 0.2) is 158 Å². The first-order valence-electron chi connectivity index (χ1n) is 14.5. The van der Waals surface area contributed by atoms with Gasteiger partial charge in [0.2, 0.25) is 0 Å². The topological polar surface area (TPSA) is 9.86 Å². The summed E-state index contributed by atoms with van der Waals surface area (Å²) < 4.78 is 4.79. The Hall–Kier alpha value is -5.60. The minimum Gasteiger partial charge on any atom is -0.309 e. The number of aromatic nitrogens is 2. The molecular weight excluding hydrogens is 508 g/mol. The molecule has 2 nitrogen and oxygen atoms in total. The van der Waals surface area contributed by atoms with Crippen LogP contribution in [0, 0.1) is 0 Å². The van der Waals surface area contributed by atoms with Crippen molar-refractivity contribution in [3.05, 3.63) is 158 Å². The lowest BCUT2D eigenvalue weighted by molar-refractivity contribution is 1.18. The summed E-state index contributed by atoms with van der Waals surface area (Å²) >= 11 is 0. The Morgan fingerprint density at radius 1 is 0.310 bits per heavy atom. The Bertz CT molecular complexity index is 2450. The van der Waals surface area contributed by atoms with Gasteiger partial charge >= 0.3 is 0 Å². The molecule has 0 radical (unpaired) electrons. The third kappa shape index (κ3) is 3.33. The Kier molecular flexibility index (Phi) is 4.93. The molecule has 0 bridgehead atoms. The highest BCUT2D eigenvalue weighted by molar-refractivity contribution is 6.13. The van der Waals surface area contributed by atoms with Crippen molar-refractivity contribution in [2.75, 3.05) is 0 Å². The zero-order chi connectivity index (χ0) is 27.6. The van der Waals surface area contributed by atoms with Crippen LogP contribution in [0.2, 0.25) is 0 Å². The SMILES string of the molecule is c1ccc(-n2c3ccccc3c3cc(-c4ccc5c(c4)c4ccccc4n5-c4cccc5ccccc45)ccc32)cc1. The molecule has 0 N–H and O–H groups in total. The van der Waals surface area contributed by atoms with E-state index in [9.17, 15) is 0 Å². The van der Waals surface area contributed by atoms with Gasteiger partial charge < -0.3 is 9.13 Å². The Morgan fingerprint density at radius 2 is 0.810 bits per heavy atom. The predicted molar refractivity (Wildman–Crippen MR) is 178 cm³/mol. The molecule has 0 saturated heterocycles. The number of hydrogen-bond donors (Lipinski definition) is 0. The summed E-state index contributed by atoms with van der Waals surface area (Å²) in [4.78, 5) is 0. The zero-order valence-electron chi connectivity index (χ0n) is 22.9. The minimum atomic E-state index is 1.18. The summed E-state index contributed by atoms with van der Waals surface area (Å²) in [5, 5.41) is 7.58. The lowest BCUT2D eigenvalue weighted by Gasteiger charge is -2.12. The fraction of sp³-hybridized carbons (Fsp3) is 0. The summed E-state index contributed by atoms with van der Waals surface area (Å²) in [6.45, 7) is 0. The second kappa shape index (κ2) is 8.95. The molecule has 0 spiro atoms. The molecule has 42 heavy (non-hydrogen) atoms. The Labute approximate surface area is 243 Å². The molecule has 7 aromatic carbocycles. The summed E-state index contributed by atoms with van der Waals surface area (Å²) in [5.74, 6) is 0. The van der Waals surface area contributed by atoms with Crippen LogP contribution in [-0.4, -0.2) is 9.13 Å². The minimum absolute atomic E-state index is 1.18. The van der Waals surface area contributed by atoms with Crippen molar-refractivity contribution in [2.45, 2.75) is 0 Å². The summed E-state index contributed by atoms with van der Waals surface area (Å²) in [6.07, 6.45) is 0. The van der Waals surface area contributed by atoms with Crippen LogP contribution in [-0.2, 0) is 0 Å². The first kappa shape index (κ1) is 23.1. The van der Waals surface area contributed by atoms with Crippen molar-refractivity contribution in [1.29, 1.82) is 0 Å². The number of nitrogens with zero attached hydrogens (tertiary/aromatic N) is 2. The first-order valence-corrected chi connectivity index (χ1v) is 14.5. The molecule has 0 aliphatic rings. The van der Waals surface area contributed by atoms with Crippen molar-refractivity contribution in [3.63, 3.8) is 0 Å². The molecule has 0 aliphatic heterocycles. The van der Waals surface area contributed by atoms with E-state index in [4.69, 9.17) is 0 Å². The quantitative estimate of drug-likeness (QED) is 0.213. The number of para-hydroxylation sites is 3. The highest BCUT2D eigenvalue weighted by atomic mass is 15.0. The Balaban J connectivity index is 1.28. The lowest BCUT2D eigenvalue weighted by atomic mass is 10.0. The highest BCUT2D eigenvalue weighted by Crippen LogP contribution is 2.39. The van der Waals surface area contributed by atoms with Crippen molar-refractivity contribution in [3.8, 4) is 22.5 Å². The van der Waals surface area contributed by atoms with Gasteiger partial charge in [0.05, 0.1) is 27.8 Å². The third-order valence-corrected chi connectivity index (χ3v) is 8.70. The third-order valence-electron chi connectivity index (χ3n) is 8.70. The number of benzene rings is 7. The van der Waals surface area contributed by atoms with Gasteiger partial charge in [-0.15, -0.1) is 0 Å². The monoisotopic (exact) mass is 534 g/mol. The van der Waals surface area contributed by atoms with E-state index in [1.54, 1.807) is 0 Å². The zero-order valence-corrected chi connectivity index (χ0v) is 22.9. The van der Waals surface area contributed by atoms with Crippen LogP contribution >= 0.6 is 0 Å².